The van der Waals surface area contributed by atoms with Crippen molar-refractivity contribution in [2.75, 3.05) is 0 Å². The fourth-order valence-corrected chi connectivity index (χ4v) is 5.45. The monoisotopic (exact) mass is 591 g/mol. The zero-order valence-electron chi connectivity index (χ0n) is 28.1. The number of aliphatic carboxylic acids is 1. The average molecular weight is 591 g/mol. The highest BCUT2D eigenvalue weighted by molar-refractivity contribution is 5.69. The molecule has 0 aliphatic heterocycles. The first-order chi connectivity index (χ1) is 20.6. The molecule has 1 N–H and O–H groups in total. The number of rotatable bonds is 33. The molecule has 1 atom stereocenters. The molecule has 0 aliphatic rings. The average Bonchev–Trinajstić information content (AvgIpc) is 2.97. The zero-order valence-corrected chi connectivity index (χ0v) is 28.1. The van der Waals surface area contributed by atoms with E-state index in [9.17, 15) is 9.59 Å². The van der Waals surface area contributed by atoms with E-state index in [1.54, 1.807) is 0 Å². The molecule has 42 heavy (non-hydrogen) atoms. The lowest BCUT2D eigenvalue weighted by Gasteiger charge is -2.18. The molecule has 0 aromatic rings. The van der Waals surface area contributed by atoms with Gasteiger partial charge in [0.1, 0.15) is 6.10 Å². The van der Waals surface area contributed by atoms with Crippen molar-refractivity contribution in [1.82, 2.24) is 0 Å². The lowest BCUT2D eigenvalue weighted by atomic mass is 10.0. The van der Waals surface area contributed by atoms with Crippen molar-refractivity contribution in [2.24, 2.45) is 0 Å². The Bertz CT molecular complexity index is 639. The summed E-state index contributed by atoms with van der Waals surface area (Å²) in [5.74, 6) is -0.804. The Hall–Kier alpha value is -1.58. The SMILES string of the molecule is CCCCC/C=C\C/C=C\CCCCCCCCCCCC(=O)OC(CCCCCCCCCC)CCCCC(=O)O. The van der Waals surface area contributed by atoms with Crippen molar-refractivity contribution < 1.29 is 19.4 Å². The molecular formula is C38H70O4. The van der Waals surface area contributed by atoms with Crippen LogP contribution in [0.5, 0.6) is 0 Å². The van der Waals surface area contributed by atoms with E-state index in [0.717, 1.165) is 44.9 Å². The summed E-state index contributed by atoms with van der Waals surface area (Å²) in [6.07, 6.45) is 41.9. The minimum absolute atomic E-state index is 0.0426. The van der Waals surface area contributed by atoms with Crippen molar-refractivity contribution in [3.8, 4) is 0 Å². The van der Waals surface area contributed by atoms with Crippen LogP contribution in [-0.4, -0.2) is 23.1 Å². The lowest BCUT2D eigenvalue weighted by molar-refractivity contribution is -0.150. The van der Waals surface area contributed by atoms with E-state index in [-0.39, 0.29) is 18.5 Å². The molecule has 0 fully saturated rings. The van der Waals surface area contributed by atoms with Gasteiger partial charge in [0.2, 0.25) is 0 Å². The quantitative estimate of drug-likeness (QED) is 0.0469. The van der Waals surface area contributed by atoms with Crippen LogP contribution in [0.1, 0.15) is 200 Å². The number of ether oxygens (including phenoxy) is 1. The van der Waals surface area contributed by atoms with Gasteiger partial charge in [-0.25, -0.2) is 0 Å². The Morgan fingerprint density at radius 2 is 0.929 bits per heavy atom. The summed E-state index contributed by atoms with van der Waals surface area (Å²) >= 11 is 0. The molecule has 0 saturated carbocycles. The number of carbonyl (C=O) groups is 2. The van der Waals surface area contributed by atoms with Crippen LogP contribution in [0.4, 0.5) is 0 Å². The van der Waals surface area contributed by atoms with E-state index in [4.69, 9.17) is 9.84 Å². The second kappa shape index (κ2) is 33.9. The Kier molecular flexibility index (Phi) is 32.6. The van der Waals surface area contributed by atoms with Crippen LogP contribution in [0, 0.1) is 0 Å². The maximum Gasteiger partial charge on any atom is 0.306 e. The molecule has 0 heterocycles. The number of carboxylic acids is 1. The molecule has 0 rings (SSSR count). The van der Waals surface area contributed by atoms with Crippen LogP contribution in [0.3, 0.4) is 0 Å². The van der Waals surface area contributed by atoms with Crippen LogP contribution in [0.2, 0.25) is 0 Å². The number of hydrogen-bond donors (Lipinski definition) is 1. The fourth-order valence-electron chi connectivity index (χ4n) is 5.45. The Morgan fingerprint density at radius 3 is 1.48 bits per heavy atom. The predicted octanol–water partition coefficient (Wildman–Crippen LogP) is 12.4. The lowest BCUT2D eigenvalue weighted by Crippen LogP contribution is -2.18. The van der Waals surface area contributed by atoms with Gasteiger partial charge in [-0.3, -0.25) is 9.59 Å². The number of allylic oxidation sites excluding steroid dienone is 4. The molecule has 0 radical (unpaired) electrons. The molecule has 4 heteroatoms. The summed E-state index contributed by atoms with van der Waals surface area (Å²) in [4.78, 5) is 23.3. The normalized spacial score (nSPS) is 12.4. The van der Waals surface area contributed by atoms with Crippen molar-refractivity contribution in [2.45, 2.75) is 206 Å². The Labute approximate surface area is 261 Å². The zero-order chi connectivity index (χ0) is 30.8. The van der Waals surface area contributed by atoms with Crippen molar-refractivity contribution in [3.05, 3.63) is 24.3 Å². The molecule has 0 bridgehead atoms. The van der Waals surface area contributed by atoms with Crippen LogP contribution in [0.25, 0.3) is 0 Å². The van der Waals surface area contributed by atoms with Gasteiger partial charge in [0.05, 0.1) is 0 Å². The predicted molar refractivity (Wildman–Crippen MR) is 181 cm³/mol. The second-order valence-electron chi connectivity index (χ2n) is 12.4. The highest BCUT2D eigenvalue weighted by atomic mass is 16.5. The van der Waals surface area contributed by atoms with E-state index < -0.39 is 5.97 Å². The number of carbonyl (C=O) groups excluding carboxylic acids is 1. The van der Waals surface area contributed by atoms with Crippen molar-refractivity contribution in [3.63, 3.8) is 0 Å². The van der Waals surface area contributed by atoms with Gasteiger partial charge in [-0.2, -0.15) is 0 Å². The summed E-state index contributed by atoms with van der Waals surface area (Å²) in [7, 11) is 0. The second-order valence-corrected chi connectivity index (χ2v) is 12.4. The summed E-state index contributed by atoms with van der Waals surface area (Å²) in [5.41, 5.74) is 0. The highest BCUT2D eigenvalue weighted by Crippen LogP contribution is 2.18. The van der Waals surface area contributed by atoms with Gasteiger partial charge in [0.25, 0.3) is 0 Å². The smallest absolute Gasteiger partial charge is 0.306 e. The molecule has 1 unspecified atom stereocenters. The third-order valence-electron chi connectivity index (χ3n) is 8.18. The maximum atomic E-state index is 12.5. The summed E-state index contributed by atoms with van der Waals surface area (Å²) in [6, 6.07) is 0. The van der Waals surface area contributed by atoms with Gasteiger partial charge < -0.3 is 9.84 Å². The highest BCUT2D eigenvalue weighted by Gasteiger charge is 2.14. The van der Waals surface area contributed by atoms with E-state index in [0.29, 0.717) is 12.8 Å². The molecule has 246 valence electrons. The van der Waals surface area contributed by atoms with E-state index >= 15 is 0 Å². The van der Waals surface area contributed by atoms with Crippen LogP contribution < -0.4 is 0 Å². The standard InChI is InChI=1S/C38H70O4/c1-3-5-7-9-11-13-14-15-16-17-18-19-20-21-22-23-25-27-29-35-38(41)42-36(33-30-31-34-37(39)40)32-28-26-24-12-10-8-6-4-2/h11,13,15-16,36H,3-10,12,14,17-35H2,1-2H3,(H,39,40)/b13-11-,16-15-. The third kappa shape index (κ3) is 32.9. The van der Waals surface area contributed by atoms with Crippen LogP contribution in [-0.2, 0) is 14.3 Å². The van der Waals surface area contributed by atoms with Crippen molar-refractivity contribution in [1.29, 1.82) is 0 Å². The minimum Gasteiger partial charge on any atom is -0.481 e. The molecule has 0 aromatic carbocycles. The Balaban J connectivity index is 3.79. The topological polar surface area (TPSA) is 63.6 Å². The van der Waals surface area contributed by atoms with Crippen molar-refractivity contribution >= 4 is 11.9 Å². The number of hydrogen-bond acceptors (Lipinski definition) is 3. The first-order valence-electron chi connectivity index (χ1n) is 18.3. The molecular weight excluding hydrogens is 520 g/mol. The third-order valence-corrected chi connectivity index (χ3v) is 8.18. The fraction of sp³-hybridized carbons (Fsp3) is 0.842. The van der Waals surface area contributed by atoms with Gasteiger partial charge in [-0.05, 0) is 70.6 Å². The number of carboxylic acid groups (broad SMARTS) is 1. The van der Waals surface area contributed by atoms with E-state index in [2.05, 4.69) is 38.2 Å². The number of esters is 1. The summed E-state index contributed by atoms with van der Waals surface area (Å²) in [5, 5.41) is 8.90. The molecule has 0 spiro atoms. The van der Waals surface area contributed by atoms with Gasteiger partial charge in [-0.1, -0.05) is 141 Å². The molecule has 4 nitrogen and oxygen atoms in total. The molecule has 0 aliphatic carbocycles. The van der Waals surface area contributed by atoms with E-state index in [1.807, 2.05) is 0 Å². The van der Waals surface area contributed by atoms with Gasteiger partial charge in [0.15, 0.2) is 0 Å². The number of unbranched alkanes of at least 4 members (excludes halogenated alkanes) is 20. The van der Waals surface area contributed by atoms with E-state index in [1.165, 1.54) is 122 Å². The first kappa shape index (κ1) is 40.4. The molecule has 0 amide bonds. The molecule has 0 saturated heterocycles. The first-order valence-corrected chi connectivity index (χ1v) is 18.3. The molecule has 0 aromatic heterocycles. The summed E-state index contributed by atoms with van der Waals surface area (Å²) in [6.45, 7) is 4.50. The Morgan fingerprint density at radius 1 is 0.524 bits per heavy atom. The largest absolute Gasteiger partial charge is 0.481 e. The van der Waals surface area contributed by atoms with Gasteiger partial charge in [0, 0.05) is 12.8 Å². The van der Waals surface area contributed by atoms with Crippen LogP contribution >= 0.6 is 0 Å². The summed E-state index contributed by atoms with van der Waals surface area (Å²) < 4.78 is 5.86. The maximum absolute atomic E-state index is 12.5. The van der Waals surface area contributed by atoms with Gasteiger partial charge in [-0.15, -0.1) is 0 Å². The minimum atomic E-state index is -0.744. The van der Waals surface area contributed by atoms with Gasteiger partial charge >= 0.3 is 11.9 Å². The van der Waals surface area contributed by atoms with Crippen LogP contribution in [0.15, 0.2) is 24.3 Å².